The van der Waals surface area contributed by atoms with E-state index in [4.69, 9.17) is 0 Å². The zero-order valence-corrected chi connectivity index (χ0v) is 15.5. The summed E-state index contributed by atoms with van der Waals surface area (Å²) in [5.74, 6) is -0.689. The highest BCUT2D eigenvalue weighted by atomic mass is 79.9. The van der Waals surface area contributed by atoms with Crippen molar-refractivity contribution in [2.75, 3.05) is 5.32 Å². The first kappa shape index (κ1) is 18.1. The maximum absolute atomic E-state index is 12.5. The molecular weight excluding hydrogens is 370 g/mol. The highest BCUT2D eigenvalue weighted by Gasteiger charge is 2.35. The molecule has 0 fully saturated rings. The quantitative estimate of drug-likeness (QED) is 0.769. The van der Waals surface area contributed by atoms with E-state index in [9.17, 15) is 9.59 Å². The van der Waals surface area contributed by atoms with Crippen molar-refractivity contribution in [2.24, 2.45) is 5.41 Å². The molecule has 2 aromatic rings. The molecule has 2 rings (SSSR count). The molecule has 0 unspecified atom stereocenters. The highest BCUT2D eigenvalue weighted by molar-refractivity contribution is 9.10. The lowest BCUT2D eigenvalue weighted by Gasteiger charge is -2.23. The Morgan fingerprint density at radius 1 is 1.21 bits per heavy atom. The number of pyridine rings is 1. The summed E-state index contributed by atoms with van der Waals surface area (Å²) in [5, 5.41) is 5.58. The van der Waals surface area contributed by atoms with Crippen LogP contribution in [0.3, 0.4) is 0 Å². The van der Waals surface area contributed by atoms with Crippen molar-refractivity contribution < 1.29 is 9.59 Å². The summed E-state index contributed by atoms with van der Waals surface area (Å²) >= 11 is 3.42. The second-order valence-electron chi connectivity index (χ2n) is 6.09. The van der Waals surface area contributed by atoms with Gasteiger partial charge in [0.1, 0.15) is 5.41 Å². The minimum Gasteiger partial charge on any atom is -0.351 e. The van der Waals surface area contributed by atoms with Gasteiger partial charge in [-0.25, -0.2) is 0 Å². The smallest absolute Gasteiger partial charge is 0.239 e. The molecular formula is C18H20BrN3O2. The van der Waals surface area contributed by atoms with Gasteiger partial charge >= 0.3 is 0 Å². The fourth-order valence-corrected chi connectivity index (χ4v) is 2.27. The maximum atomic E-state index is 12.5. The first-order chi connectivity index (χ1) is 11.3. The average Bonchev–Trinajstić information content (AvgIpc) is 2.56. The van der Waals surface area contributed by atoms with E-state index in [1.165, 1.54) is 0 Å². The summed E-state index contributed by atoms with van der Waals surface area (Å²) in [7, 11) is 0. The number of carbonyl (C=O) groups excluding carboxylic acids is 2. The van der Waals surface area contributed by atoms with Crippen molar-refractivity contribution in [1.82, 2.24) is 10.3 Å². The molecule has 5 nitrogen and oxygen atoms in total. The predicted octanol–water partition coefficient (Wildman–Crippen LogP) is 3.43. The number of benzene rings is 1. The zero-order chi connectivity index (χ0) is 17.7. The summed E-state index contributed by atoms with van der Waals surface area (Å²) in [6.07, 6.45) is 3.35. The largest absolute Gasteiger partial charge is 0.351 e. The lowest BCUT2D eigenvalue weighted by molar-refractivity contribution is -0.138. The first-order valence-corrected chi connectivity index (χ1v) is 8.35. The minimum absolute atomic E-state index is 0.334. The van der Waals surface area contributed by atoms with Crippen LogP contribution in [0.25, 0.3) is 0 Å². The van der Waals surface area contributed by atoms with Crippen molar-refractivity contribution in [3.05, 3.63) is 58.3 Å². The van der Waals surface area contributed by atoms with Crippen molar-refractivity contribution >= 4 is 33.4 Å². The van der Waals surface area contributed by atoms with Crippen LogP contribution in [0.1, 0.15) is 25.0 Å². The van der Waals surface area contributed by atoms with E-state index in [1.54, 1.807) is 38.4 Å². The molecule has 0 bridgehead atoms. The van der Waals surface area contributed by atoms with Crippen LogP contribution in [0, 0.1) is 12.3 Å². The Morgan fingerprint density at radius 2 is 1.96 bits per heavy atom. The number of aromatic nitrogens is 1. The standard InChI is InChI=1S/C18H20BrN3O2/c1-12-9-14(6-7-15(12)19)22-17(24)18(2,3)16(23)21-11-13-5-4-8-20-10-13/h4-10H,11H2,1-3H3,(H,21,23)(H,22,24). The van der Waals surface area contributed by atoms with Crippen molar-refractivity contribution in [3.63, 3.8) is 0 Å². The Hall–Kier alpha value is -2.21. The molecule has 0 spiro atoms. The Balaban J connectivity index is 2.00. The van der Waals surface area contributed by atoms with Crippen LogP contribution in [-0.2, 0) is 16.1 Å². The lowest BCUT2D eigenvalue weighted by atomic mass is 9.90. The van der Waals surface area contributed by atoms with Crippen LogP contribution in [0.4, 0.5) is 5.69 Å². The van der Waals surface area contributed by atoms with Crippen LogP contribution in [0.2, 0.25) is 0 Å². The number of hydrogen-bond donors (Lipinski definition) is 2. The lowest BCUT2D eigenvalue weighted by Crippen LogP contribution is -2.44. The molecule has 24 heavy (non-hydrogen) atoms. The van der Waals surface area contributed by atoms with Gasteiger partial charge in [-0.1, -0.05) is 22.0 Å². The predicted molar refractivity (Wildman–Crippen MR) is 97.4 cm³/mol. The summed E-state index contributed by atoms with van der Waals surface area (Å²) in [6, 6.07) is 9.17. The fraction of sp³-hybridized carbons (Fsp3) is 0.278. The van der Waals surface area contributed by atoms with Gasteiger partial charge in [0.25, 0.3) is 0 Å². The number of aryl methyl sites for hydroxylation is 1. The van der Waals surface area contributed by atoms with Gasteiger partial charge < -0.3 is 10.6 Å². The zero-order valence-electron chi connectivity index (χ0n) is 13.9. The molecule has 2 N–H and O–H groups in total. The van der Waals surface area contributed by atoms with Gasteiger partial charge in [0, 0.05) is 29.1 Å². The molecule has 0 atom stereocenters. The molecule has 0 saturated carbocycles. The van der Waals surface area contributed by atoms with Gasteiger partial charge in [-0.15, -0.1) is 0 Å². The van der Waals surface area contributed by atoms with E-state index in [2.05, 4.69) is 31.5 Å². The molecule has 0 aliphatic carbocycles. The van der Waals surface area contributed by atoms with Crippen molar-refractivity contribution in [2.45, 2.75) is 27.3 Å². The topological polar surface area (TPSA) is 71.1 Å². The Kier molecular flexibility index (Phi) is 5.72. The van der Waals surface area contributed by atoms with Gasteiger partial charge in [0.2, 0.25) is 11.8 Å². The molecule has 1 heterocycles. The molecule has 0 radical (unpaired) electrons. The number of halogens is 1. The first-order valence-electron chi connectivity index (χ1n) is 7.55. The SMILES string of the molecule is Cc1cc(NC(=O)C(C)(C)C(=O)NCc2cccnc2)ccc1Br. The monoisotopic (exact) mass is 389 g/mol. The van der Waals surface area contributed by atoms with E-state index in [0.717, 1.165) is 15.6 Å². The Bertz CT molecular complexity index is 745. The van der Waals surface area contributed by atoms with Gasteiger partial charge in [0.15, 0.2) is 0 Å². The third kappa shape index (κ3) is 4.41. The molecule has 0 aliphatic heterocycles. The summed E-state index contributed by atoms with van der Waals surface area (Å²) in [5.41, 5.74) is 1.36. The molecule has 6 heteroatoms. The minimum atomic E-state index is -1.19. The molecule has 0 saturated heterocycles. The van der Waals surface area contributed by atoms with E-state index in [1.807, 2.05) is 25.1 Å². The van der Waals surface area contributed by atoms with E-state index in [0.29, 0.717) is 12.2 Å². The third-order valence-electron chi connectivity index (χ3n) is 3.73. The molecule has 126 valence electrons. The number of nitrogens with zero attached hydrogens (tertiary/aromatic N) is 1. The Morgan fingerprint density at radius 3 is 2.58 bits per heavy atom. The summed E-state index contributed by atoms with van der Waals surface area (Å²) < 4.78 is 0.967. The van der Waals surface area contributed by atoms with Gasteiger partial charge in [-0.2, -0.15) is 0 Å². The Labute approximate surface area is 150 Å². The van der Waals surface area contributed by atoms with E-state index in [-0.39, 0.29) is 11.8 Å². The third-order valence-corrected chi connectivity index (χ3v) is 4.62. The number of amides is 2. The van der Waals surface area contributed by atoms with Crippen molar-refractivity contribution in [3.8, 4) is 0 Å². The number of anilines is 1. The normalized spacial score (nSPS) is 11.0. The number of rotatable bonds is 5. The van der Waals surface area contributed by atoms with Crippen LogP contribution in [0.15, 0.2) is 47.2 Å². The van der Waals surface area contributed by atoms with Gasteiger partial charge in [-0.3, -0.25) is 14.6 Å². The maximum Gasteiger partial charge on any atom is 0.239 e. The van der Waals surface area contributed by atoms with E-state index >= 15 is 0 Å². The average molecular weight is 390 g/mol. The van der Waals surface area contributed by atoms with Crippen LogP contribution in [0.5, 0.6) is 0 Å². The second kappa shape index (κ2) is 7.57. The highest BCUT2D eigenvalue weighted by Crippen LogP contribution is 2.23. The second-order valence-corrected chi connectivity index (χ2v) is 6.94. The molecule has 0 aliphatic rings. The summed E-state index contributed by atoms with van der Waals surface area (Å²) in [4.78, 5) is 28.9. The van der Waals surface area contributed by atoms with Crippen molar-refractivity contribution in [1.29, 1.82) is 0 Å². The molecule has 1 aromatic carbocycles. The van der Waals surface area contributed by atoms with Crippen LogP contribution in [-0.4, -0.2) is 16.8 Å². The van der Waals surface area contributed by atoms with Crippen LogP contribution < -0.4 is 10.6 Å². The van der Waals surface area contributed by atoms with Crippen LogP contribution >= 0.6 is 15.9 Å². The van der Waals surface area contributed by atoms with E-state index < -0.39 is 5.41 Å². The summed E-state index contributed by atoms with van der Waals surface area (Å²) in [6.45, 7) is 5.48. The number of hydrogen-bond acceptors (Lipinski definition) is 3. The van der Waals surface area contributed by atoms with Gasteiger partial charge in [0.05, 0.1) is 0 Å². The van der Waals surface area contributed by atoms with Gasteiger partial charge in [-0.05, 0) is 56.2 Å². The number of nitrogens with one attached hydrogen (secondary N) is 2. The molecule has 1 aromatic heterocycles. The fourth-order valence-electron chi connectivity index (χ4n) is 2.02. The number of carbonyl (C=O) groups is 2. The molecule has 2 amide bonds.